The molecule has 0 atom stereocenters. The molecule has 0 aromatic carbocycles. The molecule has 0 aromatic heterocycles. The largest absolute Gasteiger partial charge is 0.389 e. The maximum absolute atomic E-state index is 13.4. The average Bonchev–Trinajstić information content (AvgIpc) is 2.15. The highest BCUT2D eigenvalue weighted by molar-refractivity contribution is 5.77. The van der Waals surface area contributed by atoms with Gasteiger partial charge >= 0.3 is 0 Å². The summed E-state index contributed by atoms with van der Waals surface area (Å²) < 4.78 is 13.4. The van der Waals surface area contributed by atoms with Crippen LogP contribution in [0.3, 0.4) is 0 Å². The number of carbonyl (C=O) groups is 1. The molecule has 0 unspecified atom stereocenters. The minimum absolute atomic E-state index is 0.0713. The summed E-state index contributed by atoms with van der Waals surface area (Å²) in [6.07, 6.45) is 4.57. The fraction of sp³-hybridized carbons (Fsp3) is 0.923. The summed E-state index contributed by atoms with van der Waals surface area (Å²) in [6, 6.07) is 0. The summed E-state index contributed by atoms with van der Waals surface area (Å²) in [7, 11) is 1.59. The number of hydrogen-bond acceptors (Lipinski definition) is 2. The van der Waals surface area contributed by atoms with Crippen LogP contribution in [0.4, 0.5) is 4.39 Å². The number of hydrogen-bond donors (Lipinski definition) is 1. The van der Waals surface area contributed by atoms with Crippen LogP contribution in [0.25, 0.3) is 0 Å². The number of aliphatic hydroxyl groups is 1. The standard InChI is InChI=1S/C13H24FNO2/c1-12(2,14)10-15(3)11(16)9-13(17)7-5-4-6-8-13/h17H,4-10H2,1-3H3. The molecule has 0 spiro atoms. The summed E-state index contributed by atoms with van der Waals surface area (Å²) in [5.74, 6) is -0.167. The second-order valence-electron chi connectivity index (χ2n) is 5.93. The molecule has 1 saturated carbocycles. The minimum Gasteiger partial charge on any atom is -0.389 e. The molecular weight excluding hydrogens is 221 g/mol. The van der Waals surface area contributed by atoms with Gasteiger partial charge in [0, 0.05) is 7.05 Å². The molecule has 0 saturated heterocycles. The maximum Gasteiger partial charge on any atom is 0.225 e. The van der Waals surface area contributed by atoms with Gasteiger partial charge in [-0.25, -0.2) is 4.39 Å². The van der Waals surface area contributed by atoms with Gasteiger partial charge in [-0.1, -0.05) is 19.3 Å². The van der Waals surface area contributed by atoms with E-state index in [1.165, 1.54) is 18.7 Å². The Balaban J connectivity index is 2.47. The zero-order valence-corrected chi connectivity index (χ0v) is 11.1. The van der Waals surface area contributed by atoms with Crippen LogP contribution in [-0.2, 0) is 4.79 Å². The van der Waals surface area contributed by atoms with Crippen molar-refractivity contribution in [2.75, 3.05) is 13.6 Å². The lowest BCUT2D eigenvalue weighted by Crippen LogP contribution is -2.42. The Hall–Kier alpha value is -0.640. The van der Waals surface area contributed by atoms with Crippen LogP contribution in [-0.4, -0.2) is 40.8 Å². The third-order valence-electron chi connectivity index (χ3n) is 3.30. The van der Waals surface area contributed by atoms with Gasteiger partial charge in [-0.2, -0.15) is 0 Å². The molecule has 0 aromatic rings. The van der Waals surface area contributed by atoms with E-state index in [4.69, 9.17) is 0 Å². The van der Waals surface area contributed by atoms with E-state index in [1.54, 1.807) is 7.05 Å². The van der Waals surface area contributed by atoms with Crippen molar-refractivity contribution in [3.8, 4) is 0 Å². The Morgan fingerprint density at radius 1 is 1.35 bits per heavy atom. The van der Waals surface area contributed by atoms with Gasteiger partial charge in [0.2, 0.25) is 5.91 Å². The van der Waals surface area contributed by atoms with Gasteiger partial charge in [0.05, 0.1) is 18.6 Å². The van der Waals surface area contributed by atoms with Crippen LogP contribution in [0.15, 0.2) is 0 Å². The molecule has 1 aliphatic rings. The SMILES string of the molecule is CN(CC(C)(C)F)C(=O)CC1(O)CCCCC1. The van der Waals surface area contributed by atoms with E-state index in [0.29, 0.717) is 12.8 Å². The number of amides is 1. The van der Waals surface area contributed by atoms with Crippen molar-refractivity contribution in [3.05, 3.63) is 0 Å². The van der Waals surface area contributed by atoms with E-state index in [9.17, 15) is 14.3 Å². The van der Waals surface area contributed by atoms with E-state index in [-0.39, 0.29) is 18.9 Å². The van der Waals surface area contributed by atoms with Gasteiger partial charge in [0.15, 0.2) is 0 Å². The second-order valence-corrected chi connectivity index (χ2v) is 5.93. The molecule has 100 valence electrons. The van der Waals surface area contributed by atoms with Crippen LogP contribution >= 0.6 is 0 Å². The van der Waals surface area contributed by atoms with Gasteiger partial charge in [0.25, 0.3) is 0 Å². The zero-order valence-electron chi connectivity index (χ0n) is 11.1. The molecule has 4 heteroatoms. The summed E-state index contributed by atoms with van der Waals surface area (Å²) in [5.41, 5.74) is -2.25. The second kappa shape index (κ2) is 5.34. The first-order valence-electron chi connectivity index (χ1n) is 6.37. The molecule has 0 heterocycles. The van der Waals surface area contributed by atoms with Crippen LogP contribution < -0.4 is 0 Å². The van der Waals surface area contributed by atoms with Crippen LogP contribution in [0.1, 0.15) is 52.4 Å². The fourth-order valence-electron chi connectivity index (χ4n) is 2.46. The molecule has 0 aliphatic heterocycles. The van der Waals surface area contributed by atoms with Gasteiger partial charge in [0.1, 0.15) is 5.67 Å². The first-order chi connectivity index (χ1) is 7.72. The van der Waals surface area contributed by atoms with Crippen molar-refractivity contribution in [2.24, 2.45) is 0 Å². The Kier molecular flexibility index (Phi) is 4.53. The summed E-state index contributed by atoms with van der Waals surface area (Å²) in [4.78, 5) is 13.3. The van der Waals surface area contributed by atoms with Gasteiger partial charge in [-0.15, -0.1) is 0 Å². The predicted octanol–water partition coefficient (Wildman–Crippen LogP) is 2.28. The molecule has 0 radical (unpaired) electrons. The van der Waals surface area contributed by atoms with Gasteiger partial charge in [-0.3, -0.25) is 4.79 Å². The van der Waals surface area contributed by atoms with E-state index >= 15 is 0 Å². The Morgan fingerprint density at radius 2 is 1.88 bits per heavy atom. The summed E-state index contributed by atoms with van der Waals surface area (Å²) in [5, 5.41) is 10.2. The number of alkyl halides is 1. The van der Waals surface area contributed by atoms with Crippen molar-refractivity contribution >= 4 is 5.91 Å². The lowest BCUT2D eigenvalue weighted by Gasteiger charge is -2.33. The summed E-state index contributed by atoms with van der Waals surface area (Å²) >= 11 is 0. The topological polar surface area (TPSA) is 40.5 Å². The fourth-order valence-corrected chi connectivity index (χ4v) is 2.46. The van der Waals surface area contributed by atoms with E-state index in [0.717, 1.165) is 19.3 Å². The maximum atomic E-state index is 13.4. The molecule has 1 amide bonds. The Morgan fingerprint density at radius 3 is 2.35 bits per heavy atom. The number of halogens is 1. The highest BCUT2D eigenvalue weighted by Crippen LogP contribution is 2.31. The van der Waals surface area contributed by atoms with Crippen molar-refractivity contribution in [3.63, 3.8) is 0 Å². The first kappa shape index (κ1) is 14.4. The van der Waals surface area contributed by atoms with Crippen LogP contribution in [0.2, 0.25) is 0 Å². The Bertz CT molecular complexity index is 267. The molecule has 1 rings (SSSR count). The lowest BCUT2D eigenvalue weighted by molar-refractivity contribution is -0.138. The smallest absolute Gasteiger partial charge is 0.225 e. The average molecular weight is 245 g/mol. The van der Waals surface area contributed by atoms with Crippen molar-refractivity contribution in [1.29, 1.82) is 0 Å². The van der Waals surface area contributed by atoms with Gasteiger partial charge < -0.3 is 10.0 Å². The Labute approximate surface area is 103 Å². The highest BCUT2D eigenvalue weighted by Gasteiger charge is 2.33. The van der Waals surface area contributed by atoms with Crippen molar-refractivity contribution < 1.29 is 14.3 Å². The van der Waals surface area contributed by atoms with E-state index in [2.05, 4.69) is 0 Å². The third-order valence-corrected chi connectivity index (χ3v) is 3.30. The monoisotopic (exact) mass is 245 g/mol. The van der Waals surface area contributed by atoms with E-state index < -0.39 is 11.3 Å². The molecule has 1 N–H and O–H groups in total. The number of carbonyl (C=O) groups excluding carboxylic acids is 1. The highest BCUT2D eigenvalue weighted by atomic mass is 19.1. The molecule has 1 fully saturated rings. The third kappa shape index (κ3) is 5.02. The number of nitrogens with zero attached hydrogens (tertiary/aromatic N) is 1. The van der Waals surface area contributed by atoms with Crippen LogP contribution in [0, 0.1) is 0 Å². The lowest BCUT2D eigenvalue weighted by atomic mass is 9.82. The van der Waals surface area contributed by atoms with Crippen molar-refractivity contribution in [2.45, 2.75) is 63.6 Å². The van der Waals surface area contributed by atoms with Crippen LogP contribution in [0.5, 0.6) is 0 Å². The quantitative estimate of drug-likeness (QED) is 0.825. The number of rotatable bonds is 4. The molecule has 17 heavy (non-hydrogen) atoms. The van der Waals surface area contributed by atoms with Gasteiger partial charge in [-0.05, 0) is 26.7 Å². The first-order valence-corrected chi connectivity index (χ1v) is 6.37. The molecule has 3 nitrogen and oxygen atoms in total. The molecule has 0 bridgehead atoms. The molecular formula is C13H24FNO2. The van der Waals surface area contributed by atoms with E-state index in [1.807, 2.05) is 0 Å². The van der Waals surface area contributed by atoms with Crippen molar-refractivity contribution in [1.82, 2.24) is 4.90 Å². The minimum atomic E-state index is -1.39. The molecule has 1 aliphatic carbocycles. The zero-order chi connectivity index (χ0) is 13.1. The normalized spacial score (nSPS) is 20.1. The summed E-state index contributed by atoms with van der Waals surface area (Å²) in [6.45, 7) is 2.97. The predicted molar refractivity (Wildman–Crippen MR) is 65.5 cm³/mol.